The summed E-state index contributed by atoms with van der Waals surface area (Å²) in [5.41, 5.74) is 0.0318. The van der Waals surface area contributed by atoms with E-state index in [1.807, 2.05) is 0 Å². The van der Waals surface area contributed by atoms with Crippen molar-refractivity contribution < 1.29 is 9.84 Å². The average Bonchev–Trinajstić information content (AvgIpc) is 2.96. The van der Waals surface area contributed by atoms with Gasteiger partial charge in [0.05, 0.1) is 13.2 Å². The second-order valence-corrected chi connectivity index (χ2v) is 5.64. The summed E-state index contributed by atoms with van der Waals surface area (Å²) in [5, 5.41) is 9.58. The Morgan fingerprint density at radius 1 is 1.44 bits per heavy atom. The van der Waals surface area contributed by atoms with Gasteiger partial charge in [0.2, 0.25) is 0 Å². The highest BCUT2D eigenvalue weighted by atomic mass is 16.5. The Bertz CT molecular complexity index is 210. The Morgan fingerprint density at radius 3 is 2.75 bits per heavy atom. The van der Waals surface area contributed by atoms with E-state index in [0.29, 0.717) is 0 Å². The van der Waals surface area contributed by atoms with Crippen LogP contribution in [0.25, 0.3) is 0 Å². The van der Waals surface area contributed by atoms with Gasteiger partial charge in [-0.25, -0.2) is 0 Å². The molecular formula is C13H25NO2. The Balaban J connectivity index is 1.86. The van der Waals surface area contributed by atoms with Gasteiger partial charge in [0.1, 0.15) is 0 Å². The molecule has 3 heteroatoms. The van der Waals surface area contributed by atoms with Gasteiger partial charge in [-0.15, -0.1) is 0 Å². The molecule has 0 aromatic carbocycles. The normalized spacial score (nSPS) is 30.2. The van der Waals surface area contributed by atoms with E-state index in [1.165, 1.54) is 25.8 Å². The third-order valence-corrected chi connectivity index (χ3v) is 3.83. The van der Waals surface area contributed by atoms with Gasteiger partial charge in [-0.05, 0) is 38.1 Å². The summed E-state index contributed by atoms with van der Waals surface area (Å²) in [6, 6.07) is 0. The molecule has 1 atom stereocenters. The summed E-state index contributed by atoms with van der Waals surface area (Å²) in [6.45, 7) is 7.49. The Labute approximate surface area is 98.8 Å². The van der Waals surface area contributed by atoms with E-state index >= 15 is 0 Å². The molecule has 1 aliphatic carbocycles. The molecule has 2 aliphatic rings. The first-order valence-corrected chi connectivity index (χ1v) is 6.69. The van der Waals surface area contributed by atoms with Gasteiger partial charge in [0.25, 0.3) is 0 Å². The zero-order valence-electron chi connectivity index (χ0n) is 10.5. The zero-order valence-corrected chi connectivity index (χ0v) is 10.5. The Morgan fingerprint density at radius 2 is 2.25 bits per heavy atom. The molecule has 2 fully saturated rings. The van der Waals surface area contributed by atoms with Crippen molar-refractivity contribution in [2.24, 2.45) is 11.3 Å². The Kier molecular flexibility index (Phi) is 4.22. The molecule has 94 valence electrons. The molecule has 0 aromatic heterocycles. The average molecular weight is 227 g/mol. The largest absolute Gasteiger partial charge is 0.396 e. The minimum atomic E-state index is 0.0318. The van der Waals surface area contributed by atoms with E-state index in [9.17, 15) is 5.11 Å². The van der Waals surface area contributed by atoms with Crippen molar-refractivity contribution in [2.45, 2.75) is 32.6 Å². The lowest BCUT2D eigenvalue weighted by Gasteiger charge is -2.32. The van der Waals surface area contributed by atoms with Crippen LogP contribution in [0.3, 0.4) is 0 Å². The maximum absolute atomic E-state index is 9.58. The maximum atomic E-state index is 9.58. The minimum Gasteiger partial charge on any atom is -0.396 e. The lowest BCUT2D eigenvalue weighted by Crippen LogP contribution is -2.42. The summed E-state index contributed by atoms with van der Waals surface area (Å²) in [5.74, 6) is 0.935. The molecule has 16 heavy (non-hydrogen) atoms. The van der Waals surface area contributed by atoms with Gasteiger partial charge in [-0.1, -0.05) is 6.92 Å². The number of hydrogen-bond acceptors (Lipinski definition) is 3. The van der Waals surface area contributed by atoms with Crippen LogP contribution in [0.2, 0.25) is 0 Å². The summed E-state index contributed by atoms with van der Waals surface area (Å²) >= 11 is 0. The van der Waals surface area contributed by atoms with Crippen LogP contribution in [0.5, 0.6) is 0 Å². The van der Waals surface area contributed by atoms with E-state index in [0.717, 1.165) is 38.6 Å². The smallest absolute Gasteiger partial charge is 0.0557 e. The van der Waals surface area contributed by atoms with Crippen molar-refractivity contribution in [2.75, 3.05) is 39.5 Å². The van der Waals surface area contributed by atoms with Crippen LogP contribution < -0.4 is 0 Å². The number of hydrogen-bond donors (Lipinski definition) is 1. The third kappa shape index (κ3) is 3.19. The predicted octanol–water partition coefficient (Wildman–Crippen LogP) is 1.51. The van der Waals surface area contributed by atoms with Crippen molar-refractivity contribution in [3.8, 4) is 0 Å². The van der Waals surface area contributed by atoms with Crippen LogP contribution in [-0.4, -0.2) is 49.5 Å². The van der Waals surface area contributed by atoms with Gasteiger partial charge < -0.3 is 14.7 Å². The fourth-order valence-electron chi connectivity index (χ4n) is 2.64. The summed E-state index contributed by atoms with van der Waals surface area (Å²) in [6.07, 6.45) is 5.04. The molecule has 1 saturated carbocycles. The topological polar surface area (TPSA) is 32.7 Å². The molecule has 2 rings (SSSR count). The fourth-order valence-corrected chi connectivity index (χ4v) is 2.64. The van der Waals surface area contributed by atoms with E-state index in [4.69, 9.17) is 4.74 Å². The molecular weight excluding hydrogens is 202 g/mol. The number of rotatable bonds is 7. The van der Waals surface area contributed by atoms with Crippen LogP contribution in [0.1, 0.15) is 32.6 Å². The minimum absolute atomic E-state index is 0.0318. The van der Waals surface area contributed by atoms with Gasteiger partial charge in [-0.3, -0.25) is 0 Å². The molecule has 1 unspecified atom stereocenters. The predicted molar refractivity (Wildman–Crippen MR) is 64.4 cm³/mol. The molecule has 0 spiro atoms. The monoisotopic (exact) mass is 227 g/mol. The first-order valence-electron chi connectivity index (χ1n) is 6.69. The molecule has 1 N–H and O–H groups in total. The van der Waals surface area contributed by atoms with E-state index in [1.54, 1.807) is 0 Å². The summed E-state index contributed by atoms with van der Waals surface area (Å²) in [7, 11) is 0. The first-order chi connectivity index (χ1) is 7.78. The lowest BCUT2D eigenvalue weighted by molar-refractivity contribution is 0.0550. The van der Waals surface area contributed by atoms with Crippen molar-refractivity contribution in [1.82, 2.24) is 4.90 Å². The summed E-state index contributed by atoms with van der Waals surface area (Å²) in [4.78, 5) is 2.54. The van der Waals surface area contributed by atoms with Crippen molar-refractivity contribution in [1.29, 1.82) is 0 Å². The van der Waals surface area contributed by atoms with E-state index in [2.05, 4.69) is 11.8 Å². The quantitative estimate of drug-likeness (QED) is 0.715. The molecule has 0 bridgehead atoms. The molecule has 1 heterocycles. The van der Waals surface area contributed by atoms with Crippen LogP contribution in [-0.2, 0) is 4.74 Å². The maximum Gasteiger partial charge on any atom is 0.0557 e. The molecule has 0 aromatic rings. The molecule has 1 saturated heterocycles. The second kappa shape index (κ2) is 5.48. The second-order valence-electron chi connectivity index (χ2n) is 5.64. The van der Waals surface area contributed by atoms with Crippen LogP contribution in [0, 0.1) is 11.3 Å². The summed E-state index contributed by atoms with van der Waals surface area (Å²) < 4.78 is 5.46. The van der Waals surface area contributed by atoms with E-state index in [-0.39, 0.29) is 12.0 Å². The molecule has 0 radical (unpaired) electrons. The molecule has 3 nitrogen and oxygen atoms in total. The first kappa shape index (κ1) is 12.3. The zero-order chi connectivity index (χ0) is 11.4. The molecule has 1 aliphatic heterocycles. The number of nitrogens with zero attached hydrogens (tertiary/aromatic N) is 1. The molecule has 0 amide bonds. The van der Waals surface area contributed by atoms with Crippen molar-refractivity contribution >= 4 is 0 Å². The van der Waals surface area contributed by atoms with Gasteiger partial charge in [-0.2, -0.15) is 0 Å². The highest BCUT2D eigenvalue weighted by molar-refractivity contribution is 4.87. The van der Waals surface area contributed by atoms with Gasteiger partial charge in [0.15, 0.2) is 0 Å². The highest BCUT2D eigenvalue weighted by Crippen LogP contribution is 2.33. The Hall–Kier alpha value is -0.120. The fraction of sp³-hybridized carbons (Fsp3) is 1.00. The van der Waals surface area contributed by atoms with Crippen molar-refractivity contribution in [3.05, 3.63) is 0 Å². The van der Waals surface area contributed by atoms with E-state index < -0.39 is 0 Å². The number of aliphatic hydroxyl groups is 1. The van der Waals surface area contributed by atoms with Crippen LogP contribution >= 0.6 is 0 Å². The highest BCUT2D eigenvalue weighted by Gasteiger charge is 2.37. The SMILES string of the molecule is CCCN(CC1CC1)CC1(CO)CCOC1. The van der Waals surface area contributed by atoms with Crippen LogP contribution in [0.4, 0.5) is 0 Å². The number of aliphatic hydroxyl groups excluding tert-OH is 1. The lowest BCUT2D eigenvalue weighted by atomic mass is 9.87. The standard InChI is InChI=1S/C13H25NO2/c1-2-6-14(8-12-3-4-12)9-13(10-15)5-7-16-11-13/h12,15H,2-11H2,1H3. The van der Waals surface area contributed by atoms with Gasteiger partial charge >= 0.3 is 0 Å². The van der Waals surface area contributed by atoms with Gasteiger partial charge in [0, 0.05) is 25.1 Å². The third-order valence-electron chi connectivity index (χ3n) is 3.83. The van der Waals surface area contributed by atoms with Crippen LogP contribution in [0.15, 0.2) is 0 Å². The van der Waals surface area contributed by atoms with Crippen molar-refractivity contribution in [3.63, 3.8) is 0 Å². The number of ether oxygens (including phenoxy) is 1.